The minimum atomic E-state index is -4.41. The van der Waals surface area contributed by atoms with Gasteiger partial charge in [-0.15, -0.1) is 0 Å². The van der Waals surface area contributed by atoms with Crippen molar-refractivity contribution >= 4 is 17.6 Å². The lowest BCUT2D eigenvalue weighted by molar-refractivity contribution is -0.137. The summed E-state index contributed by atoms with van der Waals surface area (Å²) in [6.07, 6.45) is -2.94. The normalized spacial score (nSPS) is 12.3. The van der Waals surface area contributed by atoms with Crippen LogP contribution in [0.2, 0.25) is 0 Å². The minimum absolute atomic E-state index is 0.154. The second kappa shape index (κ2) is 11.1. The molecule has 3 aromatic rings. The van der Waals surface area contributed by atoms with Crippen LogP contribution >= 0.6 is 0 Å². The van der Waals surface area contributed by atoms with Gasteiger partial charge in [-0.05, 0) is 42.7 Å². The Hall–Kier alpha value is -3.82. The topological polar surface area (TPSA) is 85.2 Å². The highest BCUT2D eigenvalue weighted by Crippen LogP contribution is 2.29. The van der Waals surface area contributed by atoms with Gasteiger partial charge in [-0.25, -0.2) is 4.68 Å². The van der Waals surface area contributed by atoms with E-state index in [4.69, 9.17) is 4.74 Å². The molecule has 7 nitrogen and oxygen atoms in total. The predicted molar refractivity (Wildman–Crippen MR) is 125 cm³/mol. The van der Waals surface area contributed by atoms with Crippen molar-refractivity contribution in [2.24, 2.45) is 5.92 Å². The van der Waals surface area contributed by atoms with Crippen LogP contribution in [0.4, 0.5) is 19.0 Å². The lowest BCUT2D eigenvalue weighted by Gasteiger charge is -2.22. The summed E-state index contributed by atoms with van der Waals surface area (Å²) in [6.45, 7) is 5.96. The van der Waals surface area contributed by atoms with Crippen LogP contribution < -0.4 is 15.4 Å². The van der Waals surface area contributed by atoms with Gasteiger partial charge in [0.2, 0.25) is 5.91 Å². The summed E-state index contributed by atoms with van der Waals surface area (Å²) in [5.74, 6) is -0.350. The fourth-order valence-corrected chi connectivity index (χ4v) is 3.43. The zero-order chi connectivity index (χ0) is 25.6. The molecule has 0 saturated heterocycles. The highest BCUT2D eigenvalue weighted by Gasteiger charge is 2.30. The monoisotopic (exact) mass is 488 g/mol. The average Bonchev–Trinajstić information content (AvgIpc) is 3.23. The Morgan fingerprint density at radius 1 is 1.06 bits per heavy atom. The van der Waals surface area contributed by atoms with Crippen LogP contribution in [0.25, 0.3) is 0 Å². The van der Waals surface area contributed by atoms with Gasteiger partial charge in [0.1, 0.15) is 17.6 Å². The van der Waals surface area contributed by atoms with Gasteiger partial charge in [0.05, 0.1) is 30.5 Å². The molecule has 2 amide bonds. The number of nitrogens with zero attached hydrogens (tertiary/aromatic N) is 2. The number of rotatable bonds is 9. The number of benzene rings is 2. The van der Waals surface area contributed by atoms with Gasteiger partial charge in [-0.3, -0.25) is 9.59 Å². The van der Waals surface area contributed by atoms with E-state index in [0.29, 0.717) is 29.3 Å². The number of carbonyl (C=O) groups is 2. The van der Waals surface area contributed by atoms with Crippen molar-refractivity contribution < 1.29 is 27.5 Å². The number of ether oxygens (including phenoxy) is 1. The summed E-state index contributed by atoms with van der Waals surface area (Å²) in [5.41, 5.74) is 0.162. The number of anilines is 1. The molecular formula is C25H27F3N4O3. The molecule has 0 aliphatic heterocycles. The van der Waals surface area contributed by atoms with Crippen LogP contribution in [0.1, 0.15) is 42.3 Å². The maximum Gasteiger partial charge on any atom is 0.416 e. The lowest BCUT2D eigenvalue weighted by Crippen LogP contribution is -2.47. The van der Waals surface area contributed by atoms with E-state index in [1.54, 1.807) is 44.2 Å². The fourth-order valence-electron chi connectivity index (χ4n) is 3.43. The molecule has 10 heteroatoms. The first kappa shape index (κ1) is 25.8. The molecule has 0 aliphatic carbocycles. The Bertz CT molecular complexity index is 1160. The number of aromatic nitrogens is 2. The van der Waals surface area contributed by atoms with Crippen molar-refractivity contribution in [3.63, 3.8) is 0 Å². The number of halogens is 3. The van der Waals surface area contributed by atoms with Crippen LogP contribution in [0.15, 0.2) is 60.8 Å². The quantitative estimate of drug-likeness (QED) is 0.456. The number of carbonyl (C=O) groups excluding carboxylic acids is 2. The van der Waals surface area contributed by atoms with Gasteiger partial charge in [-0.1, -0.05) is 38.1 Å². The second-order valence-electron chi connectivity index (χ2n) is 8.18. The number of nitrogens with one attached hydrogen (secondary N) is 2. The zero-order valence-corrected chi connectivity index (χ0v) is 19.6. The third-order valence-corrected chi connectivity index (χ3v) is 5.25. The zero-order valence-electron chi connectivity index (χ0n) is 19.6. The molecule has 3 rings (SSSR count). The first-order valence-corrected chi connectivity index (χ1v) is 11.1. The molecule has 186 valence electrons. The van der Waals surface area contributed by atoms with E-state index >= 15 is 0 Å². The maximum atomic E-state index is 13.1. The molecule has 0 saturated carbocycles. The van der Waals surface area contributed by atoms with Crippen LogP contribution in [-0.2, 0) is 17.5 Å². The first-order valence-electron chi connectivity index (χ1n) is 11.1. The second-order valence-corrected chi connectivity index (χ2v) is 8.18. The first-order chi connectivity index (χ1) is 16.6. The molecule has 0 radical (unpaired) electrons. The summed E-state index contributed by atoms with van der Waals surface area (Å²) in [5, 5.41) is 9.68. The fraction of sp³-hybridized carbons (Fsp3) is 0.320. The van der Waals surface area contributed by atoms with Crippen molar-refractivity contribution in [1.29, 1.82) is 0 Å². The molecule has 0 aliphatic rings. The largest absolute Gasteiger partial charge is 0.493 e. The number of para-hydroxylation sites is 1. The standard InChI is InChI=1S/C25H27F3N4O3/c1-4-35-20-8-6-5-7-19(20)23(33)31-22(16(2)3)24(34)30-21-13-14-29-32(21)15-17-9-11-18(12-10-17)25(26,27)28/h5-14,16,22H,4,15H2,1-3H3,(H,30,34)(H,31,33)/t22-/m1/s1. The molecule has 0 bridgehead atoms. The van der Waals surface area contributed by atoms with Gasteiger partial charge in [0.25, 0.3) is 5.91 Å². The third kappa shape index (κ3) is 6.62. The summed E-state index contributed by atoms with van der Waals surface area (Å²) >= 11 is 0. The van der Waals surface area contributed by atoms with Crippen molar-refractivity contribution in [1.82, 2.24) is 15.1 Å². The van der Waals surface area contributed by atoms with Gasteiger partial charge < -0.3 is 15.4 Å². The van der Waals surface area contributed by atoms with Gasteiger partial charge in [0, 0.05) is 6.07 Å². The number of alkyl halides is 3. The van der Waals surface area contributed by atoms with Gasteiger partial charge >= 0.3 is 6.18 Å². The van der Waals surface area contributed by atoms with Crippen LogP contribution in [0, 0.1) is 5.92 Å². The Morgan fingerprint density at radius 3 is 2.37 bits per heavy atom. The Kier molecular flexibility index (Phi) is 8.16. The van der Waals surface area contributed by atoms with E-state index in [0.717, 1.165) is 12.1 Å². The summed E-state index contributed by atoms with van der Waals surface area (Å²) < 4.78 is 45.4. The van der Waals surface area contributed by atoms with Crippen molar-refractivity contribution in [3.8, 4) is 5.75 Å². The van der Waals surface area contributed by atoms with E-state index in [1.165, 1.54) is 23.0 Å². The average molecular weight is 489 g/mol. The van der Waals surface area contributed by atoms with Crippen molar-refractivity contribution in [2.75, 3.05) is 11.9 Å². The lowest BCUT2D eigenvalue weighted by atomic mass is 10.0. The number of hydrogen-bond acceptors (Lipinski definition) is 4. The summed E-state index contributed by atoms with van der Waals surface area (Å²) in [7, 11) is 0. The van der Waals surface area contributed by atoms with Gasteiger partial charge in [-0.2, -0.15) is 18.3 Å². The van der Waals surface area contributed by atoms with E-state index in [2.05, 4.69) is 15.7 Å². The molecule has 1 heterocycles. The molecular weight excluding hydrogens is 461 g/mol. The highest BCUT2D eigenvalue weighted by atomic mass is 19.4. The van der Waals surface area contributed by atoms with Crippen molar-refractivity contribution in [3.05, 3.63) is 77.5 Å². The minimum Gasteiger partial charge on any atom is -0.493 e. The third-order valence-electron chi connectivity index (χ3n) is 5.25. The van der Waals surface area contributed by atoms with Crippen molar-refractivity contribution in [2.45, 2.75) is 39.5 Å². The van der Waals surface area contributed by atoms with Gasteiger partial charge in [0.15, 0.2) is 0 Å². The molecule has 35 heavy (non-hydrogen) atoms. The molecule has 0 fully saturated rings. The Morgan fingerprint density at radius 2 is 1.74 bits per heavy atom. The molecule has 0 spiro atoms. The Labute approximate surface area is 201 Å². The molecule has 1 aromatic heterocycles. The number of hydrogen-bond donors (Lipinski definition) is 2. The SMILES string of the molecule is CCOc1ccccc1C(=O)N[C@@H](C(=O)Nc1ccnn1Cc1ccc(C(F)(F)F)cc1)C(C)C. The highest BCUT2D eigenvalue weighted by molar-refractivity contribution is 6.02. The molecule has 0 unspecified atom stereocenters. The Balaban J connectivity index is 1.71. The van der Waals surface area contributed by atoms with E-state index in [1.807, 2.05) is 6.92 Å². The van der Waals surface area contributed by atoms with E-state index < -0.39 is 29.6 Å². The smallest absolute Gasteiger partial charge is 0.416 e. The maximum absolute atomic E-state index is 13.1. The van der Waals surface area contributed by atoms with Crippen LogP contribution in [0.5, 0.6) is 5.75 Å². The molecule has 2 aromatic carbocycles. The van der Waals surface area contributed by atoms with Crippen LogP contribution in [-0.4, -0.2) is 34.2 Å². The summed E-state index contributed by atoms with van der Waals surface area (Å²) in [6, 6.07) is 12.2. The van der Waals surface area contributed by atoms with E-state index in [-0.39, 0.29) is 12.5 Å². The summed E-state index contributed by atoms with van der Waals surface area (Å²) in [4.78, 5) is 26.0. The van der Waals surface area contributed by atoms with E-state index in [9.17, 15) is 22.8 Å². The number of amides is 2. The van der Waals surface area contributed by atoms with Crippen LogP contribution in [0.3, 0.4) is 0 Å². The molecule has 1 atom stereocenters. The molecule has 2 N–H and O–H groups in total. The predicted octanol–water partition coefficient (Wildman–Crippen LogP) is 4.74.